The molecule has 1 aromatic heterocycles. The maximum atomic E-state index is 6.32. The van der Waals surface area contributed by atoms with Crippen molar-refractivity contribution in [3.63, 3.8) is 0 Å². The number of alkyl halides is 1. The van der Waals surface area contributed by atoms with Crippen molar-refractivity contribution in [2.24, 2.45) is 0 Å². The summed E-state index contributed by atoms with van der Waals surface area (Å²) < 4.78 is 0. The maximum absolute atomic E-state index is 6.32. The largest absolute Gasteiger partial charge is 0.368 e. The highest BCUT2D eigenvalue weighted by Gasteiger charge is 2.07. The molecule has 0 amide bonds. The molecule has 0 spiro atoms. The first kappa shape index (κ1) is 11.9. The molecule has 1 heterocycles. The maximum Gasteiger partial charge on any atom is 0.128 e. The number of pyridine rings is 1. The van der Waals surface area contributed by atoms with Crippen LogP contribution in [0.25, 0.3) is 0 Å². The van der Waals surface area contributed by atoms with E-state index in [0.717, 1.165) is 16.9 Å². The van der Waals surface area contributed by atoms with Gasteiger partial charge in [-0.2, -0.15) is 0 Å². The summed E-state index contributed by atoms with van der Waals surface area (Å²) in [5.41, 5.74) is 2.25. The minimum Gasteiger partial charge on any atom is -0.368 e. The van der Waals surface area contributed by atoms with E-state index >= 15 is 0 Å². The Morgan fingerprint density at radius 3 is 2.65 bits per heavy atom. The number of hydrogen-bond donors (Lipinski definition) is 1. The molecule has 2 nitrogen and oxygen atoms in total. The lowest BCUT2D eigenvalue weighted by molar-refractivity contribution is 0.964. The SMILES string of the molecule is Cc1cccnc1NCC(Cl)c1ccccc1. The third-order valence-corrected chi connectivity index (χ3v) is 3.03. The summed E-state index contributed by atoms with van der Waals surface area (Å²) in [6, 6.07) is 14.0. The average Bonchev–Trinajstić information content (AvgIpc) is 2.38. The molecule has 2 aromatic rings. The van der Waals surface area contributed by atoms with Crippen LogP contribution in [-0.2, 0) is 0 Å². The summed E-state index contributed by atoms with van der Waals surface area (Å²) in [4.78, 5) is 4.27. The van der Waals surface area contributed by atoms with E-state index in [9.17, 15) is 0 Å². The summed E-state index contributed by atoms with van der Waals surface area (Å²) in [7, 11) is 0. The molecule has 0 fully saturated rings. The third kappa shape index (κ3) is 3.21. The normalized spacial score (nSPS) is 12.1. The van der Waals surface area contributed by atoms with Crippen LogP contribution >= 0.6 is 11.6 Å². The zero-order valence-corrected chi connectivity index (χ0v) is 10.5. The minimum absolute atomic E-state index is 0.0439. The van der Waals surface area contributed by atoms with E-state index in [0.29, 0.717) is 6.54 Å². The predicted molar refractivity (Wildman–Crippen MR) is 72.5 cm³/mol. The Kier molecular flexibility index (Phi) is 3.99. The number of aromatic nitrogens is 1. The van der Waals surface area contributed by atoms with Crippen LogP contribution in [0.15, 0.2) is 48.7 Å². The number of hydrogen-bond acceptors (Lipinski definition) is 2. The van der Waals surface area contributed by atoms with Gasteiger partial charge in [-0.15, -0.1) is 11.6 Å². The fourth-order valence-corrected chi connectivity index (χ4v) is 1.86. The number of rotatable bonds is 4. The number of benzene rings is 1. The molecule has 1 N–H and O–H groups in total. The van der Waals surface area contributed by atoms with Crippen molar-refractivity contribution in [3.05, 3.63) is 59.8 Å². The highest BCUT2D eigenvalue weighted by atomic mass is 35.5. The first-order valence-corrected chi connectivity index (χ1v) is 6.05. The lowest BCUT2D eigenvalue weighted by Gasteiger charge is -2.12. The Hall–Kier alpha value is -1.54. The van der Waals surface area contributed by atoms with E-state index in [2.05, 4.69) is 10.3 Å². The van der Waals surface area contributed by atoms with Crippen LogP contribution in [0, 0.1) is 6.92 Å². The molecule has 88 valence electrons. The van der Waals surface area contributed by atoms with Crippen molar-refractivity contribution < 1.29 is 0 Å². The van der Waals surface area contributed by atoms with Crippen LogP contribution in [0.2, 0.25) is 0 Å². The lowest BCUT2D eigenvalue weighted by atomic mass is 10.1. The molecular weight excluding hydrogens is 232 g/mol. The zero-order valence-electron chi connectivity index (χ0n) is 9.73. The molecule has 17 heavy (non-hydrogen) atoms. The van der Waals surface area contributed by atoms with Gasteiger partial charge >= 0.3 is 0 Å². The van der Waals surface area contributed by atoms with Gasteiger partial charge in [-0.05, 0) is 24.1 Å². The smallest absolute Gasteiger partial charge is 0.128 e. The molecule has 0 radical (unpaired) electrons. The highest BCUT2D eigenvalue weighted by molar-refractivity contribution is 6.21. The first-order valence-electron chi connectivity index (χ1n) is 5.62. The molecule has 0 saturated carbocycles. The Morgan fingerprint density at radius 2 is 1.94 bits per heavy atom. The highest BCUT2D eigenvalue weighted by Crippen LogP contribution is 2.20. The van der Waals surface area contributed by atoms with Crippen molar-refractivity contribution in [2.75, 3.05) is 11.9 Å². The van der Waals surface area contributed by atoms with Gasteiger partial charge in [0, 0.05) is 12.7 Å². The minimum atomic E-state index is -0.0439. The van der Waals surface area contributed by atoms with E-state index < -0.39 is 0 Å². The van der Waals surface area contributed by atoms with Gasteiger partial charge in [-0.25, -0.2) is 4.98 Å². The summed E-state index contributed by atoms with van der Waals surface area (Å²) in [5.74, 6) is 0.897. The molecular formula is C14H15ClN2. The molecule has 0 bridgehead atoms. The standard InChI is InChI=1S/C14H15ClN2/c1-11-6-5-9-16-14(11)17-10-13(15)12-7-3-2-4-8-12/h2-9,13H,10H2,1H3,(H,16,17). The van der Waals surface area contributed by atoms with Crippen molar-refractivity contribution in [3.8, 4) is 0 Å². The van der Waals surface area contributed by atoms with Gasteiger partial charge in [0.15, 0.2) is 0 Å². The van der Waals surface area contributed by atoms with Crippen LogP contribution < -0.4 is 5.32 Å². The Morgan fingerprint density at radius 1 is 1.18 bits per heavy atom. The summed E-state index contributed by atoms with van der Waals surface area (Å²) >= 11 is 6.32. The molecule has 1 aromatic carbocycles. The number of anilines is 1. The van der Waals surface area contributed by atoms with Gasteiger partial charge in [0.1, 0.15) is 5.82 Å². The van der Waals surface area contributed by atoms with Crippen molar-refractivity contribution >= 4 is 17.4 Å². The molecule has 0 aliphatic carbocycles. The molecule has 0 saturated heterocycles. The average molecular weight is 247 g/mol. The predicted octanol–water partition coefficient (Wildman–Crippen LogP) is 3.78. The van der Waals surface area contributed by atoms with Crippen molar-refractivity contribution in [1.82, 2.24) is 4.98 Å². The molecule has 3 heteroatoms. The Labute approximate surface area is 107 Å². The van der Waals surface area contributed by atoms with Crippen LogP contribution in [0.4, 0.5) is 5.82 Å². The quantitative estimate of drug-likeness (QED) is 0.831. The molecule has 2 rings (SSSR count). The zero-order chi connectivity index (χ0) is 12.1. The summed E-state index contributed by atoms with van der Waals surface area (Å²) in [6.07, 6.45) is 1.78. The third-order valence-electron chi connectivity index (χ3n) is 2.62. The van der Waals surface area contributed by atoms with Crippen LogP contribution in [0.5, 0.6) is 0 Å². The second-order valence-electron chi connectivity index (χ2n) is 3.93. The van der Waals surface area contributed by atoms with Crippen LogP contribution in [0.3, 0.4) is 0 Å². The first-order chi connectivity index (χ1) is 8.27. The van der Waals surface area contributed by atoms with Crippen LogP contribution in [0.1, 0.15) is 16.5 Å². The number of nitrogens with zero attached hydrogens (tertiary/aromatic N) is 1. The van der Waals surface area contributed by atoms with E-state index in [1.54, 1.807) is 6.20 Å². The number of halogens is 1. The second-order valence-corrected chi connectivity index (χ2v) is 4.45. The fraction of sp³-hybridized carbons (Fsp3) is 0.214. The van der Waals surface area contributed by atoms with Crippen molar-refractivity contribution in [1.29, 1.82) is 0 Å². The topological polar surface area (TPSA) is 24.9 Å². The van der Waals surface area contributed by atoms with Crippen LogP contribution in [-0.4, -0.2) is 11.5 Å². The molecule has 1 unspecified atom stereocenters. The van der Waals surface area contributed by atoms with Gasteiger partial charge in [-0.1, -0.05) is 36.4 Å². The van der Waals surface area contributed by atoms with E-state index in [-0.39, 0.29) is 5.38 Å². The molecule has 0 aliphatic rings. The van der Waals surface area contributed by atoms with Gasteiger partial charge in [-0.3, -0.25) is 0 Å². The summed E-state index contributed by atoms with van der Waals surface area (Å²) in [5, 5.41) is 3.22. The van der Waals surface area contributed by atoms with E-state index in [1.165, 1.54) is 0 Å². The van der Waals surface area contributed by atoms with E-state index in [1.807, 2.05) is 49.4 Å². The lowest BCUT2D eigenvalue weighted by Crippen LogP contribution is -2.10. The molecule has 0 aliphatic heterocycles. The monoisotopic (exact) mass is 246 g/mol. The van der Waals surface area contributed by atoms with Gasteiger partial charge in [0.2, 0.25) is 0 Å². The van der Waals surface area contributed by atoms with E-state index in [4.69, 9.17) is 11.6 Å². The fourth-order valence-electron chi connectivity index (χ4n) is 1.64. The molecule has 1 atom stereocenters. The second kappa shape index (κ2) is 5.69. The van der Waals surface area contributed by atoms with Gasteiger partial charge in [0.05, 0.1) is 5.38 Å². The number of aryl methyl sites for hydroxylation is 1. The Bertz CT molecular complexity index is 471. The Balaban J connectivity index is 1.97. The number of nitrogens with one attached hydrogen (secondary N) is 1. The van der Waals surface area contributed by atoms with Crippen molar-refractivity contribution in [2.45, 2.75) is 12.3 Å². The summed E-state index contributed by atoms with van der Waals surface area (Å²) in [6.45, 7) is 2.70. The van der Waals surface area contributed by atoms with Gasteiger partial charge in [0.25, 0.3) is 0 Å². The van der Waals surface area contributed by atoms with Gasteiger partial charge < -0.3 is 5.32 Å².